The zero-order chi connectivity index (χ0) is 9.22. The molecule has 1 saturated heterocycles. The number of halogens is 1. The first-order valence-corrected chi connectivity index (χ1v) is 6.34. The van der Waals surface area contributed by atoms with Gasteiger partial charge in [0.05, 0.1) is 27.2 Å². The molecular formula is C11H17IN+. The summed E-state index contributed by atoms with van der Waals surface area (Å²) in [4.78, 5) is 0. The van der Waals surface area contributed by atoms with E-state index in [1.165, 1.54) is 24.0 Å². The van der Waals surface area contributed by atoms with Gasteiger partial charge < -0.3 is 4.48 Å². The number of fused-ring (bicyclic) bond motifs is 5. The van der Waals surface area contributed by atoms with E-state index in [2.05, 4.69) is 42.8 Å². The van der Waals surface area contributed by atoms with Crippen LogP contribution in [0.4, 0.5) is 0 Å². The standard InChI is InChI=1S/C11H17IN/c1-13(2)5-9-7-3-8(10(9)6-13)11(12)4-7/h4,7-10H,3,5-6H2,1-2H3/q+1/t7-,8-,9+,10-/m0/s1. The molecule has 2 fully saturated rings. The number of allylic oxidation sites excluding steroid dienone is 2. The highest BCUT2D eigenvalue weighted by atomic mass is 127. The average molecular weight is 290 g/mol. The van der Waals surface area contributed by atoms with Crippen molar-refractivity contribution in [2.45, 2.75) is 6.42 Å². The second-order valence-corrected chi connectivity index (χ2v) is 6.93. The first-order chi connectivity index (χ1) is 6.07. The lowest BCUT2D eigenvalue weighted by molar-refractivity contribution is -0.881. The van der Waals surface area contributed by atoms with Crippen molar-refractivity contribution in [3.05, 3.63) is 9.66 Å². The third kappa shape index (κ3) is 1.14. The van der Waals surface area contributed by atoms with E-state index in [9.17, 15) is 0 Å². The Bertz CT molecular complexity index is 282. The smallest absolute Gasteiger partial charge is 0.0822 e. The van der Waals surface area contributed by atoms with Crippen LogP contribution in [0.5, 0.6) is 0 Å². The predicted molar refractivity (Wildman–Crippen MR) is 62.5 cm³/mol. The summed E-state index contributed by atoms with van der Waals surface area (Å²) in [6.45, 7) is 2.85. The molecule has 0 N–H and O–H groups in total. The maximum Gasteiger partial charge on any atom is 0.0822 e. The number of quaternary nitrogens is 1. The molecule has 1 nitrogen and oxygen atoms in total. The van der Waals surface area contributed by atoms with Crippen LogP contribution in [0.15, 0.2) is 9.66 Å². The molecule has 13 heavy (non-hydrogen) atoms. The second-order valence-electron chi connectivity index (χ2n) is 5.69. The molecule has 2 aliphatic carbocycles. The van der Waals surface area contributed by atoms with E-state index >= 15 is 0 Å². The Labute approximate surface area is 93.9 Å². The second kappa shape index (κ2) is 2.51. The lowest BCUT2D eigenvalue weighted by Crippen LogP contribution is -2.38. The van der Waals surface area contributed by atoms with Crippen LogP contribution in [-0.4, -0.2) is 31.7 Å². The van der Waals surface area contributed by atoms with Crippen LogP contribution in [0.3, 0.4) is 0 Å². The molecule has 0 spiro atoms. The monoisotopic (exact) mass is 290 g/mol. The molecule has 1 saturated carbocycles. The molecule has 3 rings (SSSR count). The van der Waals surface area contributed by atoms with Gasteiger partial charge in [0.25, 0.3) is 0 Å². The number of hydrogen-bond acceptors (Lipinski definition) is 0. The van der Waals surface area contributed by atoms with E-state index in [1.54, 1.807) is 3.58 Å². The van der Waals surface area contributed by atoms with Gasteiger partial charge in [0.1, 0.15) is 0 Å². The van der Waals surface area contributed by atoms with Crippen molar-refractivity contribution < 1.29 is 4.48 Å². The fourth-order valence-electron chi connectivity index (χ4n) is 3.84. The molecule has 0 unspecified atom stereocenters. The van der Waals surface area contributed by atoms with Gasteiger partial charge in [0.2, 0.25) is 0 Å². The molecule has 2 bridgehead atoms. The summed E-state index contributed by atoms with van der Waals surface area (Å²) in [6.07, 6.45) is 4.03. The van der Waals surface area contributed by atoms with Gasteiger partial charge in [0, 0.05) is 11.8 Å². The van der Waals surface area contributed by atoms with E-state index in [1.807, 2.05) is 0 Å². The fourth-order valence-corrected chi connectivity index (χ4v) is 5.02. The molecule has 0 amide bonds. The number of rotatable bonds is 0. The summed E-state index contributed by atoms with van der Waals surface area (Å²) < 4.78 is 2.94. The van der Waals surface area contributed by atoms with Gasteiger partial charge in [-0.1, -0.05) is 6.08 Å². The highest BCUT2D eigenvalue weighted by molar-refractivity contribution is 14.1. The summed E-state index contributed by atoms with van der Waals surface area (Å²) in [5.41, 5.74) is 0. The van der Waals surface area contributed by atoms with Gasteiger partial charge in [-0.2, -0.15) is 0 Å². The number of nitrogens with zero attached hydrogens (tertiary/aromatic N) is 1. The topological polar surface area (TPSA) is 0 Å². The van der Waals surface area contributed by atoms with Gasteiger partial charge >= 0.3 is 0 Å². The van der Waals surface area contributed by atoms with Crippen molar-refractivity contribution in [2.75, 3.05) is 27.2 Å². The molecule has 72 valence electrons. The zero-order valence-electron chi connectivity index (χ0n) is 8.33. The Balaban J connectivity index is 1.92. The minimum absolute atomic E-state index is 0.946. The highest BCUT2D eigenvalue weighted by Gasteiger charge is 2.55. The van der Waals surface area contributed by atoms with Crippen molar-refractivity contribution in [3.63, 3.8) is 0 Å². The lowest BCUT2D eigenvalue weighted by atomic mass is 9.86. The summed E-state index contributed by atoms with van der Waals surface area (Å²) in [5, 5.41) is 0. The normalized spacial score (nSPS) is 50.8. The van der Waals surface area contributed by atoms with Crippen LogP contribution in [0.2, 0.25) is 0 Å². The molecule has 0 aromatic heterocycles. The third-order valence-electron chi connectivity index (χ3n) is 4.28. The predicted octanol–water partition coefficient (Wildman–Crippen LogP) is 2.28. The highest BCUT2D eigenvalue weighted by Crippen LogP contribution is 2.56. The van der Waals surface area contributed by atoms with Crippen molar-refractivity contribution in [2.24, 2.45) is 23.7 Å². The maximum absolute atomic E-state index is 2.57. The molecule has 0 radical (unpaired) electrons. The molecule has 1 heterocycles. The van der Waals surface area contributed by atoms with Crippen molar-refractivity contribution in [1.82, 2.24) is 0 Å². The van der Waals surface area contributed by atoms with E-state index in [0.717, 1.165) is 23.7 Å². The van der Waals surface area contributed by atoms with Gasteiger partial charge in [-0.15, -0.1) is 0 Å². The van der Waals surface area contributed by atoms with Crippen molar-refractivity contribution >= 4 is 22.6 Å². The first-order valence-electron chi connectivity index (χ1n) is 5.26. The lowest BCUT2D eigenvalue weighted by Gasteiger charge is -2.25. The molecule has 0 aromatic rings. The van der Waals surface area contributed by atoms with E-state index in [-0.39, 0.29) is 0 Å². The Kier molecular flexibility index (Phi) is 1.68. The van der Waals surface area contributed by atoms with Crippen LogP contribution in [0.1, 0.15) is 6.42 Å². The van der Waals surface area contributed by atoms with E-state index < -0.39 is 0 Å². The largest absolute Gasteiger partial charge is 0.328 e. The van der Waals surface area contributed by atoms with Crippen LogP contribution >= 0.6 is 22.6 Å². The Hall–Kier alpha value is 0.430. The van der Waals surface area contributed by atoms with E-state index in [4.69, 9.17) is 0 Å². The Morgan fingerprint density at radius 2 is 2.00 bits per heavy atom. The molecule has 4 atom stereocenters. The molecule has 2 heteroatoms. The van der Waals surface area contributed by atoms with Crippen LogP contribution in [0, 0.1) is 23.7 Å². The molecule has 0 aromatic carbocycles. The summed E-state index contributed by atoms with van der Waals surface area (Å²) in [6, 6.07) is 0. The molecule has 3 aliphatic rings. The zero-order valence-corrected chi connectivity index (χ0v) is 10.5. The molecular weight excluding hydrogens is 273 g/mol. The molecule has 1 aliphatic heterocycles. The van der Waals surface area contributed by atoms with Crippen LogP contribution in [-0.2, 0) is 0 Å². The number of hydrogen-bond donors (Lipinski definition) is 0. The minimum atomic E-state index is 0.946. The number of likely N-dealkylation sites (tertiary alicyclic amines) is 1. The van der Waals surface area contributed by atoms with Crippen LogP contribution in [0.25, 0.3) is 0 Å². The van der Waals surface area contributed by atoms with E-state index in [0.29, 0.717) is 0 Å². The van der Waals surface area contributed by atoms with Crippen molar-refractivity contribution in [1.29, 1.82) is 0 Å². The summed E-state index contributed by atoms with van der Waals surface area (Å²) in [7, 11) is 4.79. The van der Waals surface area contributed by atoms with Gasteiger partial charge in [-0.25, -0.2) is 0 Å². The SMILES string of the molecule is C[N+]1(C)C[C@@H]2[C@H](C1)[C@@H]1C=C(I)[C@H]2C1. The van der Waals surface area contributed by atoms with Crippen LogP contribution < -0.4 is 0 Å². The quantitative estimate of drug-likeness (QED) is 0.474. The first kappa shape index (κ1) is 8.72. The Morgan fingerprint density at radius 3 is 2.77 bits per heavy atom. The average Bonchev–Trinajstić information content (AvgIpc) is 2.56. The summed E-state index contributed by atoms with van der Waals surface area (Å²) in [5.74, 6) is 3.95. The van der Waals surface area contributed by atoms with Gasteiger partial charge in [-0.05, 0) is 44.4 Å². The van der Waals surface area contributed by atoms with Gasteiger partial charge in [-0.3, -0.25) is 0 Å². The summed E-state index contributed by atoms with van der Waals surface area (Å²) >= 11 is 2.57. The van der Waals surface area contributed by atoms with Gasteiger partial charge in [0.15, 0.2) is 0 Å². The minimum Gasteiger partial charge on any atom is -0.328 e. The Morgan fingerprint density at radius 1 is 1.31 bits per heavy atom. The van der Waals surface area contributed by atoms with Crippen molar-refractivity contribution in [3.8, 4) is 0 Å². The maximum atomic E-state index is 2.57. The third-order valence-corrected chi connectivity index (χ3v) is 5.44. The fraction of sp³-hybridized carbons (Fsp3) is 0.818.